The van der Waals surface area contributed by atoms with Gasteiger partial charge in [-0.2, -0.15) is 0 Å². The maximum absolute atomic E-state index is 13.5. The lowest BCUT2D eigenvalue weighted by Gasteiger charge is -2.67. The Bertz CT molecular complexity index is 1230. The smallest absolute Gasteiger partial charge is 0.255 e. The van der Waals surface area contributed by atoms with Crippen LogP contribution in [0.3, 0.4) is 0 Å². The average molecular weight is 474 g/mol. The topological polar surface area (TPSA) is 76.6 Å². The number of carbonyl (C=O) groups is 1. The Morgan fingerprint density at radius 1 is 1.14 bits per heavy atom. The second kappa shape index (κ2) is 7.45. The fraction of sp³-hybridized carbons (Fsp3) is 0.586. The second-order valence-electron chi connectivity index (χ2n) is 12.0. The van der Waals surface area contributed by atoms with Crippen molar-refractivity contribution in [2.24, 2.45) is 17.3 Å². The van der Waals surface area contributed by atoms with E-state index >= 15 is 0 Å². The summed E-state index contributed by atoms with van der Waals surface area (Å²) in [6.45, 7) is 2.37. The van der Waals surface area contributed by atoms with Crippen LogP contribution >= 0.6 is 0 Å². The highest BCUT2D eigenvalue weighted by Crippen LogP contribution is 2.72. The summed E-state index contributed by atoms with van der Waals surface area (Å²) in [5.74, 6) is 1.62. The number of nitrogens with one attached hydrogen (secondary N) is 1. The van der Waals surface area contributed by atoms with Crippen molar-refractivity contribution in [3.8, 4) is 5.75 Å². The lowest BCUT2D eigenvalue weighted by atomic mass is 9.43. The molecular weight excluding hydrogens is 438 g/mol. The number of fused-ring (bicyclic) bond motifs is 1. The van der Waals surface area contributed by atoms with Gasteiger partial charge < -0.3 is 15.0 Å². The third-order valence-electron chi connectivity index (χ3n) is 10.7. The number of aromatic amines is 1. The summed E-state index contributed by atoms with van der Waals surface area (Å²) < 4.78 is 0. The predicted molar refractivity (Wildman–Crippen MR) is 134 cm³/mol. The van der Waals surface area contributed by atoms with E-state index in [1.807, 2.05) is 18.0 Å². The lowest BCUT2D eigenvalue weighted by Crippen LogP contribution is -2.70. The number of benzene rings is 1. The summed E-state index contributed by atoms with van der Waals surface area (Å²) in [6, 6.07) is 9.91. The third kappa shape index (κ3) is 2.92. The molecule has 5 aliphatic rings. The molecule has 0 radical (unpaired) electrons. The summed E-state index contributed by atoms with van der Waals surface area (Å²) in [6.07, 6.45) is 11.0. The van der Waals surface area contributed by atoms with Crippen molar-refractivity contribution in [3.05, 3.63) is 63.6 Å². The number of pyridine rings is 1. The molecule has 2 heterocycles. The van der Waals surface area contributed by atoms with Gasteiger partial charge in [0.1, 0.15) is 5.75 Å². The van der Waals surface area contributed by atoms with E-state index in [1.54, 1.807) is 12.3 Å². The SMILES string of the molecule is CN(C(=O)c1ccc(=O)[nH]c1)C1CCC23CCC1C21CCN(CC2CC2)C3Cc2ccc(O)cc21. The fourth-order valence-electron chi connectivity index (χ4n) is 9.12. The molecule has 6 heteroatoms. The van der Waals surface area contributed by atoms with Crippen LogP contribution in [0.25, 0.3) is 0 Å². The Balaban J connectivity index is 1.30. The van der Waals surface area contributed by atoms with Gasteiger partial charge in [0.25, 0.3) is 5.91 Å². The van der Waals surface area contributed by atoms with Crippen LogP contribution in [0.15, 0.2) is 41.3 Å². The first-order chi connectivity index (χ1) is 16.9. The van der Waals surface area contributed by atoms with Gasteiger partial charge in [-0.1, -0.05) is 6.07 Å². The van der Waals surface area contributed by atoms with E-state index in [9.17, 15) is 14.7 Å². The molecule has 184 valence electrons. The molecule has 5 atom stereocenters. The molecule has 0 spiro atoms. The number of phenols is 1. The van der Waals surface area contributed by atoms with E-state index in [0.29, 0.717) is 23.3 Å². The van der Waals surface area contributed by atoms with Crippen LogP contribution < -0.4 is 5.56 Å². The van der Waals surface area contributed by atoms with Crippen molar-refractivity contribution in [1.82, 2.24) is 14.8 Å². The largest absolute Gasteiger partial charge is 0.508 e. The molecule has 4 aliphatic carbocycles. The number of rotatable bonds is 4. The molecule has 6 nitrogen and oxygen atoms in total. The number of phenolic OH excluding ortho intramolecular Hbond substituents is 1. The van der Waals surface area contributed by atoms with Crippen LogP contribution in [0.4, 0.5) is 0 Å². The van der Waals surface area contributed by atoms with Gasteiger partial charge in [-0.25, -0.2) is 0 Å². The normalized spacial score (nSPS) is 35.3. The summed E-state index contributed by atoms with van der Waals surface area (Å²) in [5.41, 5.74) is 3.39. The minimum Gasteiger partial charge on any atom is -0.508 e. The number of carbonyl (C=O) groups excluding carboxylic acids is 1. The number of amides is 1. The zero-order chi connectivity index (χ0) is 23.9. The van der Waals surface area contributed by atoms with Gasteiger partial charge in [0, 0.05) is 43.4 Å². The zero-order valence-electron chi connectivity index (χ0n) is 20.5. The molecule has 7 rings (SSSR count). The first-order valence-corrected chi connectivity index (χ1v) is 13.5. The number of hydrogen-bond donors (Lipinski definition) is 2. The van der Waals surface area contributed by atoms with Crippen molar-refractivity contribution in [2.45, 2.75) is 68.9 Å². The highest BCUT2D eigenvalue weighted by molar-refractivity contribution is 5.94. The van der Waals surface area contributed by atoms with Crippen LogP contribution in [-0.2, 0) is 11.8 Å². The minimum atomic E-state index is -0.191. The maximum Gasteiger partial charge on any atom is 0.255 e. The first kappa shape index (κ1) is 21.7. The highest BCUT2D eigenvalue weighted by atomic mass is 16.3. The van der Waals surface area contributed by atoms with Gasteiger partial charge in [-0.3, -0.25) is 14.5 Å². The van der Waals surface area contributed by atoms with Crippen molar-refractivity contribution in [1.29, 1.82) is 0 Å². The Morgan fingerprint density at radius 3 is 2.74 bits per heavy atom. The summed E-state index contributed by atoms with van der Waals surface area (Å²) >= 11 is 0. The molecule has 1 aromatic heterocycles. The monoisotopic (exact) mass is 473 g/mol. The fourth-order valence-corrected chi connectivity index (χ4v) is 9.12. The van der Waals surface area contributed by atoms with Crippen LogP contribution in [-0.4, -0.2) is 58.0 Å². The second-order valence-corrected chi connectivity index (χ2v) is 12.0. The average Bonchev–Trinajstić information content (AvgIpc) is 3.64. The number of nitrogens with zero attached hydrogens (tertiary/aromatic N) is 2. The first-order valence-electron chi connectivity index (χ1n) is 13.5. The van der Waals surface area contributed by atoms with Crippen LogP contribution in [0.1, 0.15) is 66.4 Å². The van der Waals surface area contributed by atoms with Gasteiger partial charge in [0.15, 0.2) is 0 Å². The Labute approximate surface area is 206 Å². The Hall–Kier alpha value is -2.60. The Kier molecular flexibility index (Phi) is 4.61. The van der Waals surface area contributed by atoms with E-state index in [4.69, 9.17) is 0 Å². The molecule has 4 fully saturated rings. The van der Waals surface area contributed by atoms with Crippen molar-refractivity contribution in [2.75, 3.05) is 20.1 Å². The molecule has 1 saturated heterocycles. The quantitative estimate of drug-likeness (QED) is 0.710. The van der Waals surface area contributed by atoms with E-state index in [1.165, 1.54) is 43.0 Å². The van der Waals surface area contributed by atoms with Crippen molar-refractivity contribution < 1.29 is 9.90 Å². The highest BCUT2D eigenvalue weighted by Gasteiger charge is 2.71. The summed E-state index contributed by atoms with van der Waals surface area (Å²) in [4.78, 5) is 32.5. The van der Waals surface area contributed by atoms with E-state index in [0.717, 1.165) is 44.6 Å². The summed E-state index contributed by atoms with van der Waals surface area (Å²) in [7, 11) is 1.95. The number of piperidine rings is 1. The van der Waals surface area contributed by atoms with Crippen LogP contribution in [0.5, 0.6) is 5.75 Å². The number of hydrogen-bond acceptors (Lipinski definition) is 4. The number of likely N-dealkylation sites (tertiary alicyclic amines) is 1. The van der Waals surface area contributed by atoms with Crippen LogP contribution in [0, 0.1) is 17.3 Å². The zero-order valence-corrected chi connectivity index (χ0v) is 20.5. The summed E-state index contributed by atoms with van der Waals surface area (Å²) in [5, 5.41) is 10.6. The van der Waals surface area contributed by atoms with E-state index < -0.39 is 0 Å². The lowest BCUT2D eigenvalue weighted by molar-refractivity contribution is -0.104. The molecule has 35 heavy (non-hydrogen) atoms. The number of aromatic nitrogens is 1. The predicted octanol–water partition coefficient (Wildman–Crippen LogP) is 3.69. The Morgan fingerprint density at radius 2 is 1.97 bits per heavy atom. The molecule has 5 unspecified atom stereocenters. The minimum absolute atomic E-state index is 0.0169. The maximum atomic E-state index is 13.5. The van der Waals surface area contributed by atoms with Crippen molar-refractivity contribution >= 4 is 5.91 Å². The number of aromatic hydroxyl groups is 1. The molecule has 1 amide bonds. The third-order valence-corrected chi connectivity index (χ3v) is 10.7. The molecule has 1 aromatic carbocycles. The molecule has 3 saturated carbocycles. The standard InChI is InChI=1S/C29H35N3O3/c1-31(27(35)20-5-7-26(34)30-16-20)24-9-11-28-10-8-22(24)29(28)12-13-32(17-18-2-3-18)25(28)14-19-4-6-21(33)15-23(19)29/h4-7,15-16,18,22,24-25,33H,2-3,8-14,17H2,1H3,(H,30,34). The molecule has 1 aliphatic heterocycles. The van der Waals surface area contributed by atoms with Gasteiger partial charge in [-0.15, -0.1) is 0 Å². The van der Waals surface area contributed by atoms with Gasteiger partial charge in [0.2, 0.25) is 5.56 Å². The van der Waals surface area contributed by atoms with Gasteiger partial charge in [-0.05, 0) is 104 Å². The van der Waals surface area contributed by atoms with Gasteiger partial charge in [0.05, 0.1) is 5.56 Å². The van der Waals surface area contributed by atoms with E-state index in [2.05, 4.69) is 22.0 Å². The van der Waals surface area contributed by atoms with Crippen molar-refractivity contribution in [3.63, 3.8) is 0 Å². The van der Waals surface area contributed by atoms with Crippen LogP contribution in [0.2, 0.25) is 0 Å². The molecular formula is C29H35N3O3. The van der Waals surface area contributed by atoms with Gasteiger partial charge >= 0.3 is 0 Å². The van der Waals surface area contributed by atoms with E-state index in [-0.39, 0.29) is 28.3 Å². The molecule has 2 N–H and O–H groups in total. The molecule has 2 aromatic rings. The number of H-pyrrole nitrogens is 1. The molecule has 4 bridgehead atoms.